The second-order valence-corrected chi connectivity index (χ2v) is 6.00. The number of urea groups is 1. The van der Waals surface area contributed by atoms with Crippen molar-refractivity contribution in [2.24, 2.45) is 0 Å². The van der Waals surface area contributed by atoms with E-state index in [0.29, 0.717) is 5.69 Å². The highest BCUT2D eigenvalue weighted by atomic mass is 32.2. The minimum Gasteiger partial charge on any atom is -0.313 e. The molecule has 0 spiro atoms. The summed E-state index contributed by atoms with van der Waals surface area (Å²) in [5.41, 5.74) is 0.530. The minimum atomic E-state index is -4.42. The third kappa shape index (κ3) is 5.87. The predicted octanol–water partition coefficient (Wildman–Crippen LogP) is 4.60. The monoisotopic (exact) mass is 320 g/mol. The van der Waals surface area contributed by atoms with E-state index in [1.807, 2.05) is 19.1 Å². The Balaban J connectivity index is 2.87. The molecule has 0 fully saturated rings. The maximum Gasteiger partial charge on any atom is 0.406 e. The van der Waals surface area contributed by atoms with E-state index in [0.717, 1.165) is 15.5 Å². The number of benzene rings is 1. The number of nitrogens with zero attached hydrogens (tertiary/aromatic N) is 1. The lowest BCUT2D eigenvalue weighted by molar-refractivity contribution is -0.142. The second-order valence-electron chi connectivity index (χ2n) is 4.70. The summed E-state index contributed by atoms with van der Waals surface area (Å²) in [5.74, 6) is 0.809. The first kappa shape index (κ1) is 17.7. The van der Waals surface area contributed by atoms with Crippen LogP contribution in [-0.2, 0) is 0 Å². The summed E-state index contributed by atoms with van der Waals surface area (Å²) < 4.78 is 37.6. The highest BCUT2D eigenvalue weighted by molar-refractivity contribution is 7.99. The number of amides is 2. The zero-order valence-corrected chi connectivity index (χ0v) is 13.0. The van der Waals surface area contributed by atoms with Gasteiger partial charge in [0, 0.05) is 10.9 Å². The Labute approximate surface area is 126 Å². The van der Waals surface area contributed by atoms with E-state index in [4.69, 9.17) is 0 Å². The van der Waals surface area contributed by atoms with Crippen LogP contribution in [0.15, 0.2) is 29.2 Å². The van der Waals surface area contributed by atoms with Crippen molar-refractivity contribution in [1.82, 2.24) is 4.90 Å². The average molecular weight is 320 g/mol. The van der Waals surface area contributed by atoms with Gasteiger partial charge in [-0.05, 0) is 31.7 Å². The molecule has 0 saturated carbocycles. The van der Waals surface area contributed by atoms with E-state index in [9.17, 15) is 18.0 Å². The summed E-state index contributed by atoms with van der Waals surface area (Å²) in [7, 11) is 0. The molecule has 0 aliphatic heterocycles. The third-order valence-corrected chi connectivity index (χ3v) is 3.62. The van der Waals surface area contributed by atoms with Crippen LogP contribution in [0, 0.1) is 0 Å². The molecule has 0 heterocycles. The number of halogens is 3. The van der Waals surface area contributed by atoms with E-state index < -0.39 is 24.8 Å². The van der Waals surface area contributed by atoms with Crippen molar-refractivity contribution >= 4 is 23.5 Å². The Morgan fingerprint density at radius 2 is 1.95 bits per heavy atom. The normalized spacial score (nSPS) is 11.6. The van der Waals surface area contributed by atoms with Crippen LogP contribution in [0.5, 0.6) is 0 Å². The molecular formula is C14H19F3N2OS. The van der Waals surface area contributed by atoms with Gasteiger partial charge in [0.1, 0.15) is 6.54 Å². The lowest BCUT2D eigenvalue weighted by atomic mass is 10.3. The Hall–Kier alpha value is -1.37. The van der Waals surface area contributed by atoms with Gasteiger partial charge in [-0.1, -0.05) is 19.1 Å². The summed E-state index contributed by atoms with van der Waals surface area (Å²) in [4.78, 5) is 13.7. The lowest BCUT2D eigenvalue weighted by Gasteiger charge is -2.28. The summed E-state index contributed by atoms with van der Waals surface area (Å²) >= 11 is 1.52. The van der Waals surface area contributed by atoms with Gasteiger partial charge in [-0.25, -0.2) is 4.79 Å². The number of rotatable bonds is 5. The van der Waals surface area contributed by atoms with Gasteiger partial charge in [-0.15, -0.1) is 11.8 Å². The minimum absolute atomic E-state index is 0.530. The first-order valence-electron chi connectivity index (χ1n) is 6.60. The highest BCUT2D eigenvalue weighted by Crippen LogP contribution is 2.27. The van der Waals surface area contributed by atoms with Gasteiger partial charge in [0.05, 0.1) is 5.69 Å². The first-order valence-corrected chi connectivity index (χ1v) is 7.59. The fraction of sp³-hybridized carbons (Fsp3) is 0.500. The van der Waals surface area contributed by atoms with Gasteiger partial charge >= 0.3 is 12.2 Å². The Morgan fingerprint density at radius 3 is 2.48 bits per heavy atom. The molecule has 0 aromatic heterocycles. The highest BCUT2D eigenvalue weighted by Gasteiger charge is 2.34. The molecule has 0 atom stereocenters. The largest absolute Gasteiger partial charge is 0.406 e. The van der Waals surface area contributed by atoms with Crippen molar-refractivity contribution in [2.45, 2.75) is 37.9 Å². The number of thioether (sulfide) groups is 1. The van der Waals surface area contributed by atoms with Crippen LogP contribution in [0.4, 0.5) is 23.7 Å². The zero-order chi connectivity index (χ0) is 16.0. The summed E-state index contributed by atoms with van der Waals surface area (Å²) in [6.07, 6.45) is -4.42. The Bertz CT molecular complexity index is 478. The van der Waals surface area contributed by atoms with Crippen LogP contribution in [0.3, 0.4) is 0 Å². The van der Waals surface area contributed by atoms with Crippen molar-refractivity contribution in [2.75, 3.05) is 17.6 Å². The van der Waals surface area contributed by atoms with Gasteiger partial charge in [0.25, 0.3) is 0 Å². The molecule has 1 aromatic carbocycles. The quantitative estimate of drug-likeness (QED) is 0.804. The smallest absolute Gasteiger partial charge is 0.313 e. The van der Waals surface area contributed by atoms with Crippen LogP contribution >= 0.6 is 11.8 Å². The molecule has 1 N–H and O–H groups in total. The SMILES string of the molecule is CCSc1ccccc1NC(=O)N(CC(F)(F)F)C(C)C. The molecule has 0 aliphatic rings. The van der Waals surface area contributed by atoms with Crippen LogP contribution in [-0.4, -0.2) is 35.4 Å². The molecule has 118 valence electrons. The number of nitrogens with one attached hydrogen (secondary N) is 1. The number of hydrogen-bond acceptors (Lipinski definition) is 2. The Kier molecular flexibility index (Phi) is 6.39. The number of hydrogen-bond donors (Lipinski definition) is 1. The second kappa shape index (κ2) is 7.59. The van der Waals surface area contributed by atoms with E-state index in [1.54, 1.807) is 26.0 Å². The van der Waals surface area contributed by atoms with Gasteiger partial charge in [0.2, 0.25) is 0 Å². The summed E-state index contributed by atoms with van der Waals surface area (Å²) in [6, 6.07) is 5.78. The van der Waals surface area contributed by atoms with Crippen LogP contribution in [0.2, 0.25) is 0 Å². The Morgan fingerprint density at radius 1 is 1.33 bits per heavy atom. The molecular weight excluding hydrogens is 301 g/mol. The fourth-order valence-corrected chi connectivity index (χ4v) is 2.48. The number of para-hydroxylation sites is 1. The zero-order valence-electron chi connectivity index (χ0n) is 12.2. The van der Waals surface area contributed by atoms with Crippen molar-refractivity contribution in [3.8, 4) is 0 Å². The summed E-state index contributed by atoms with van der Waals surface area (Å²) in [6.45, 7) is 3.81. The number of carbonyl (C=O) groups excluding carboxylic acids is 1. The van der Waals surface area contributed by atoms with E-state index in [-0.39, 0.29) is 0 Å². The van der Waals surface area contributed by atoms with Gasteiger partial charge in [-0.3, -0.25) is 0 Å². The third-order valence-electron chi connectivity index (χ3n) is 2.66. The average Bonchev–Trinajstić information content (AvgIpc) is 2.37. The molecule has 3 nitrogen and oxygen atoms in total. The van der Waals surface area contributed by atoms with Crippen molar-refractivity contribution < 1.29 is 18.0 Å². The maximum absolute atomic E-state index is 12.5. The molecule has 2 amide bonds. The van der Waals surface area contributed by atoms with E-state index >= 15 is 0 Å². The molecule has 0 bridgehead atoms. The molecule has 0 radical (unpaired) electrons. The van der Waals surface area contributed by atoms with Crippen molar-refractivity contribution in [3.63, 3.8) is 0 Å². The molecule has 0 unspecified atom stereocenters. The standard InChI is InChI=1S/C14H19F3N2OS/c1-4-21-12-8-6-5-7-11(12)18-13(20)19(10(2)3)9-14(15,16)17/h5-8,10H,4,9H2,1-3H3,(H,18,20). The van der Waals surface area contributed by atoms with Crippen LogP contribution in [0.1, 0.15) is 20.8 Å². The van der Waals surface area contributed by atoms with Gasteiger partial charge < -0.3 is 10.2 Å². The van der Waals surface area contributed by atoms with Gasteiger partial charge in [0.15, 0.2) is 0 Å². The van der Waals surface area contributed by atoms with Crippen molar-refractivity contribution in [1.29, 1.82) is 0 Å². The molecule has 1 rings (SSSR count). The molecule has 0 aliphatic carbocycles. The fourth-order valence-electron chi connectivity index (χ4n) is 1.72. The van der Waals surface area contributed by atoms with Crippen LogP contribution in [0.25, 0.3) is 0 Å². The van der Waals surface area contributed by atoms with E-state index in [1.165, 1.54) is 11.8 Å². The maximum atomic E-state index is 12.5. The number of carbonyl (C=O) groups is 1. The van der Waals surface area contributed by atoms with E-state index in [2.05, 4.69) is 5.32 Å². The lowest BCUT2D eigenvalue weighted by Crippen LogP contribution is -2.45. The first-order chi connectivity index (χ1) is 9.74. The molecule has 0 saturated heterocycles. The predicted molar refractivity (Wildman–Crippen MR) is 79.8 cm³/mol. The summed E-state index contributed by atoms with van der Waals surface area (Å²) in [5, 5.41) is 2.57. The number of alkyl halides is 3. The van der Waals surface area contributed by atoms with Gasteiger partial charge in [-0.2, -0.15) is 13.2 Å². The number of anilines is 1. The molecule has 7 heteroatoms. The van der Waals surface area contributed by atoms with Crippen LogP contribution < -0.4 is 5.32 Å². The molecule has 21 heavy (non-hydrogen) atoms. The van der Waals surface area contributed by atoms with Crippen molar-refractivity contribution in [3.05, 3.63) is 24.3 Å². The topological polar surface area (TPSA) is 32.3 Å². The molecule has 1 aromatic rings.